The van der Waals surface area contributed by atoms with E-state index in [1.807, 2.05) is 23.8 Å². The summed E-state index contributed by atoms with van der Waals surface area (Å²) in [5.74, 6) is 0.717. The van der Waals surface area contributed by atoms with Crippen molar-refractivity contribution >= 4 is 17.0 Å². The molecule has 3 aliphatic heterocycles. The largest absolute Gasteiger partial charge is 0.368 e. The predicted molar refractivity (Wildman–Crippen MR) is 128 cm³/mol. The fourth-order valence-corrected chi connectivity index (χ4v) is 5.00. The zero-order valence-electron chi connectivity index (χ0n) is 19.3. The average molecular weight is 443 g/mol. The van der Waals surface area contributed by atoms with E-state index in [2.05, 4.69) is 41.4 Å². The topological polar surface area (TPSA) is 65.8 Å². The number of piperazine rings is 1. The Morgan fingerprint density at radius 1 is 1.12 bits per heavy atom. The van der Waals surface area contributed by atoms with Gasteiger partial charge in [-0.2, -0.15) is 5.10 Å². The molecule has 33 heavy (non-hydrogen) atoms. The Labute approximate surface area is 194 Å². The molecule has 1 atom stereocenters. The van der Waals surface area contributed by atoms with E-state index in [0.29, 0.717) is 5.92 Å². The Morgan fingerprint density at radius 2 is 1.91 bits per heavy atom. The SMILES string of the molecule is Cc1cn2nc(C3=CC(=O)N4C=C(N5CCNCC5)C=CC4=CCC3C)cc2c(C2CC2)n1. The first-order valence-corrected chi connectivity index (χ1v) is 12.0. The summed E-state index contributed by atoms with van der Waals surface area (Å²) in [6, 6.07) is 2.13. The molecule has 1 saturated heterocycles. The summed E-state index contributed by atoms with van der Waals surface area (Å²) in [6.45, 7) is 8.03. The van der Waals surface area contributed by atoms with Crippen molar-refractivity contribution < 1.29 is 4.79 Å². The van der Waals surface area contributed by atoms with Gasteiger partial charge in [0.2, 0.25) is 0 Å². The summed E-state index contributed by atoms with van der Waals surface area (Å²) in [5.41, 5.74) is 7.10. The monoisotopic (exact) mass is 442 g/mol. The van der Waals surface area contributed by atoms with Gasteiger partial charge in [0, 0.05) is 50.1 Å². The standard InChI is InChI=1S/C26H30N6O/c1-17-3-6-20-7-8-21(30-11-9-27-10-12-30)16-31(20)25(33)13-22(17)23-14-24-26(19-4-5-19)28-18(2)15-32(24)29-23/h6-8,13-17,19,27H,3-5,9-12H2,1-2H3. The quantitative estimate of drug-likeness (QED) is 0.790. The first-order valence-electron chi connectivity index (χ1n) is 12.0. The number of hydrogen-bond donors (Lipinski definition) is 1. The van der Waals surface area contributed by atoms with E-state index in [1.54, 1.807) is 11.0 Å². The molecular weight excluding hydrogens is 412 g/mol. The number of hydrogen-bond acceptors (Lipinski definition) is 5. The lowest BCUT2D eigenvalue weighted by Gasteiger charge is -2.34. The molecule has 1 aliphatic carbocycles. The predicted octanol–water partition coefficient (Wildman–Crippen LogP) is 3.37. The lowest BCUT2D eigenvalue weighted by Crippen LogP contribution is -2.43. The first kappa shape index (κ1) is 20.4. The van der Waals surface area contributed by atoms with Gasteiger partial charge in [-0.25, -0.2) is 4.52 Å². The van der Waals surface area contributed by atoms with E-state index in [0.717, 1.165) is 72.2 Å². The van der Waals surface area contributed by atoms with E-state index in [4.69, 9.17) is 10.1 Å². The number of amides is 1. The van der Waals surface area contributed by atoms with Crippen LogP contribution in [0.4, 0.5) is 0 Å². The van der Waals surface area contributed by atoms with Crippen LogP contribution < -0.4 is 5.32 Å². The van der Waals surface area contributed by atoms with Crippen LogP contribution in [-0.4, -0.2) is 56.5 Å². The minimum atomic E-state index is -0.0198. The number of carbonyl (C=O) groups excluding carboxylic acids is 1. The van der Waals surface area contributed by atoms with Crippen molar-refractivity contribution in [2.24, 2.45) is 5.92 Å². The maximum Gasteiger partial charge on any atom is 0.255 e. The lowest BCUT2D eigenvalue weighted by molar-refractivity contribution is -0.122. The Kier molecular flexibility index (Phi) is 4.94. The molecule has 0 spiro atoms. The van der Waals surface area contributed by atoms with Crippen LogP contribution in [0.1, 0.15) is 49.2 Å². The molecular formula is C26H30N6O. The van der Waals surface area contributed by atoms with E-state index in [-0.39, 0.29) is 11.8 Å². The van der Waals surface area contributed by atoms with Crippen molar-refractivity contribution in [3.63, 3.8) is 0 Å². The van der Waals surface area contributed by atoms with Crippen molar-refractivity contribution in [3.05, 3.63) is 71.2 Å². The molecule has 7 heteroatoms. The third-order valence-electron chi connectivity index (χ3n) is 7.04. The van der Waals surface area contributed by atoms with Crippen molar-refractivity contribution in [2.45, 2.75) is 39.0 Å². The number of carbonyl (C=O) groups is 1. The molecule has 0 bridgehead atoms. The summed E-state index contributed by atoms with van der Waals surface area (Å²) in [4.78, 5) is 22.4. The third-order valence-corrected chi connectivity index (χ3v) is 7.04. The van der Waals surface area contributed by atoms with Gasteiger partial charge in [0.1, 0.15) is 0 Å². The molecule has 2 aromatic rings. The minimum Gasteiger partial charge on any atom is -0.368 e. The molecule has 0 aromatic carbocycles. The Hall–Kier alpha value is -3.19. The Morgan fingerprint density at radius 3 is 2.70 bits per heavy atom. The van der Waals surface area contributed by atoms with Crippen LogP contribution in [0.2, 0.25) is 0 Å². The highest BCUT2D eigenvalue weighted by Gasteiger charge is 2.29. The summed E-state index contributed by atoms with van der Waals surface area (Å²) in [7, 11) is 0. The number of nitrogens with zero attached hydrogens (tertiary/aromatic N) is 5. The zero-order chi connectivity index (χ0) is 22.5. The van der Waals surface area contributed by atoms with Crippen molar-refractivity contribution in [2.75, 3.05) is 26.2 Å². The maximum absolute atomic E-state index is 13.5. The van der Waals surface area contributed by atoms with Crippen LogP contribution in [0.25, 0.3) is 11.1 Å². The van der Waals surface area contributed by atoms with E-state index in [1.165, 1.54) is 12.8 Å². The Bertz CT molecular complexity index is 1240. The van der Waals surface area contributed by atoms with Crippen molar-refractivity contribution in [1.82, 2.24) is 29.7 Å². The molecule has 2 aromatic heterocycles. The number of aryl methyl sites for hydroxylation is 1. The molecule has 6 rings (SSSR count). The van der Waals surface area contributed by atoms with E-state index < -0.39 is 0 Å². The van der Waals surface area contributed by atoms with Gasteiger partial charge >= 0.3 is 0 Å². The van der Waals surface area contributed by atoms with Crippen LogP contribution in [-0.2, 0) is 4.79 Å². The van der Waals surface area contributed by atoms with Gasteiger partial charge in [-0.3, -0.25) is 14.7 Å². The number of nitrogens with one attached hydrogen (secondary N) is 1. The fraction of sp³-hybridized carbons (Fsp3) is 0.423. The molecule has 5 heterocycles. The van der Waals surface area contributed by atoms with Gasteiger partial charge in [-0.1, -0.05) is 13.0 Å². The van der Waals surface area contributed by atoms with Crippen LogP contribution in [0.15, 0.2) is 54.2 Å². The van der Waals surface area contributed by atoms with E-state index >= 15 is 0 Å². The second-order valence-electron chi connectivity index (χ2n) is 9.60. The molecule has 2 fully saturated rings. The summed E-state index contributed by atoms with van der Waals surface area (Å²) >= 11 is 0. The van der Waals surface area contributed by atoms with Crippen LogP contribution >= 0.6 is 0 Å². The summed E-state index contributed by atoms with van der Waals surface area (Å²) in [6.07, 6.45) is 15.4. The zero-order valence-corrected chi connectivity index (χ0v) is 19.3. The van der Waals surface area contributed by atoms with Crippen LogP contribution in [0, 0.1) is 12.8 Å². The third kappa shape index (κ3) is 3.80. The number of allylic oxidation sites excluding steroid dienone is 4. The summed E-state index contributed by atoms with van der Waals surface area (Å²) in [5, 5.41) is 8.28. The summed E-state index contributed by atoms with van der Waals surface area (Å²) < 4.78 is 1.95. The van der Waals surface area contributed by atoms with Gasteiger partial charge in [0.25, 0.3) is 5.91 Å². The fourth-order valence-electron chi connectivity index (χ4n) is 5.00. The second kappa shape index (κ2) is 7.99. The molecule has 1 N–H and O–H groups in total. The molecule has 1 unspecified atom stereocenters. The first-order chi connectivity index (χ1) is 16.1. The Balaban J connectivity index is 1.36. The highest BCUT2D eigenvalue weighted by Crippen LogP contribution is 2.41. The van der Waals surface area contributed by atoms with Gasteiger partial charge in [0.05, 0.1) is 34.5 Å². The minimum absolute atomic E-state index is 0.0198. The molecule has 7 nitrogen and oxygen atoms in total. The van der Waals surface area contributed by atoms with Gasteiger partial charge in [-0.15, -0.1) is 0 Å². The number of rotatable bonds is 3. The second-order valence-corrected chi connectivity index (χ2v) is 9.60. The number of aromatic nitrogens is 3. The van der Waals surface area contributed by atoms with Gasteiger partial charge in [0.15, 0.2) is 0 Å². The van der Waals surface area contributed by atoms with Crippen LogP contribution in [0.5, 0.6) is 0 Å². The normalized spacial score (nSPS) is 23.6. The van der Waals surface area contributed by atoms with E-state index in [9.17, 15) is 4.79 Å². The maximum atomic E-state index is 13.5. The smallest absolute Gasteiger partial charge is 0.255 e. The highest BCUT2D eigenvalue weighted by atomic mass is 16.2. The van der Waals surface area contributed by atoms with Crippen molar-refractivity contribution in [1.29, 1.82) is 0 Å². The molecule has 170 valence electrons. The van der Waals surface area contributed by atoms with Gasteiger partial charge < -0.3 is 10.2 Å². The average Bonchev–Trinajstić information content (AvgIpc) is 3.59. The molecule has 4 aliphatic rings. The highest BCUT2D eigenvalue weighted by molar-refractivity contribution is 5.98. The van der Waals surface area contributed by atoms with Gasteiger partial charge in [-0.05, 0) is 55.9 Å². The molecule has 1 amide bonds. The molecule has 0 radical (unpaired) electrons. The molecule has 1 saturated carbocycles. The lowest BCUT2D eigenvalue weighted by atomic mass is 9.92. The van der Waals surface area contributed by atoms with Crippen LogP contribution in [0.3, 0.4) is 0 Å². The van der Waals surface area contributed by atoms with Crippen molar-refractivity contribution in [3.8, 4) is 0 Å². The number of fused-ring (bicyclic) bond motifs is 2.